The predicted octanol–water partition coefficient (Wildman–Crippen LogP) is 3.09. The van der Waals surface area contributed by atoms with E-state index in [-0.39, 0.29) is 18.8 Å². The van der Waals surface area contributed by atoms with Gasteiger partial charge in [0.1, 0.15) is 0 Å². The molecule has 1 unspecified atom stereocenters. The first-order valence-corrected chi connectivity index (χ1v) is 6.49. The Balaban J connectivity index is 3.42. The van der Waals surface area contributed by atoms with E-state index < -0.39 is 17.7 Å². The molecule has 0 amide bonds. The highest BCUT2D eigenvalue weighted by Crippen LogP contribution is 2.43. The molecule has 21 heavy (non-hydrogen) atoms. The standard InChI is InChI=1S/C14H18F3NO3/c1-4-20-12(19)13(21-5-2,14(15,16)17)10-6-8-11(18-3)9-7-10/h6-9,18H,4-5H2,1-3H3. The summed E-state index contributed by atoms with van der Waals surface area (Å²) in [5.74, 6) is -1.46. The van der Waals surface area contributed by atoms with E-state index in [1.807, 2.05) is 0 Å². The van der Waals surface area contributed by atoms with E-state index in [1.54, 1.807) is 7.05 Å². The summed E-state index contributed by atoms with van der Waals surface area (Å²) in [5, 5.41) is 2.79. The molecule has 0 aromatic heterocycles. The highest BCUT2D eigenvalue weighted by atomic mass is 19.4. The zero-order chi connectivity index (χ0) is 16.1. The minimum absolute atomic E-state index is 0.168. The highest BCUT2D eigenvalue weighted by Gasteiger charge is 2.64. The quantitative estimate of drug-likeness (QED) is 0.821. The molecular weight excluding hydrogens is 287 g/mol. The van der Waals surface area contributed by atoms with E-state index in [2.05, 4.69) is 10.1 Å². The molecular formula is C14H18F3NO3. The van der Waals surface area contributed by atoms with E-state index in [0.29, 0.717) is 5.69 Å². The van der Waals surface area contributed by atoms with Crippen molar-refractivity contribution in [2.45, 2.75) is 25.6 Å². The third-order valence-electron chi connectivity index (χ3n) is 2.90. The number of anilines is 1. The minimum Gasteiger partial charge on any atom is -0.463 e. The molecule has 4 nitrogen and oxygen atoms in total. The van der Waals surface area contributed by atoms with E-state index in [9.17, 15) is 18.0 Å². The van der Waals surface area contributed by atoms with Gasteiger partial charge in [-0.1, -0.05) is 12.1 Å². The van der Waals surface area contributed by atoms with Crippen LogP contribution in [-0.2, 0) is 19.9 Å². The third-order valence-corrected chi connectivity index (χ3v) is 2.90. The summed E-state index contributed by atoms with van der Waals surface area (Å²) in [6, 6.07) is 5.28. The van der Waals surface area contributed by atoms with Gasteiger partial charge in [0.25, 0.3) is 5.60 Å². The molecule has 0 saturated carbocycles. The van der Waals surface area contributed by atoms with E-state index >= 15 is 0 Å². The summed E-state index contributed by atoms with van der Waals surface area (Å²) in [6.07, 6.45) is -4.93. The van der Waals surface area contributed by atoms with Crippen molar-refractivity contribution in [2.24, 2.45) is 0 Å². The summed E-state index contributed by atoms with van der Waals surface area (Å²) in [4.78, 5) is 12.0. The van der Waals surface area contributed by atoms with Crippen molar-refractivity contribution in [3.05, 3.63) is 29.8 Å². The number of hydrogen-bond donors (Lipinski definition) is 1. The van der Waals surface area contributed by atoms with Crippen molar-refractivity contribution in [2.75, 3.05) is 25.6 Å². The van der Waals surface area contributed by atoms with Crippen molar-refractivity contribution in [1.29, 1.82) is 0 Å². The number of halogens is 3. The van der Waals surface area contributed by atoms with Crippen LogP contribution < -0.4 is 5.32 Å². The zero-order valence-corrected chi connectivity index (χ0v) is 12.1. The number of carbonyl (C=O) groups excluding carboxylic acids is 1. The van der Waals surface area contributed by atoms with E-state index in [0.717, 1.165) is 0 Å². The van der Waals surface area contributed by atoms with Crippen LogP contribution in [0.25, 0.3) is 0 Å². The minimum atomic E-state index is -4.93. The largest absolute Gasteiger partial charge is 0.463 e. The van der Waals surface area contributed by atoms with Crippen LogP contribution in [0.4, 0.5) is 18.9 Å². The number of hydrogen-bond acceptors (Lipinski definition) is 4. The smallest absolute Gasteiger partial charge is 0.432 e. The Kier molecular flexibility index (Phi) is 5.60. The van der Waals surface area contributed by atoms with Crippen LogP contribution in [0.3, 0.4) is 0 Å². The summed E-state index contributed by atoms with van der Waals surface area (Å²) in [5.41, 5.74) is -2.80. The molecule has 0 spiro atoms. The first kappa shape index (κ1) is 17.3. The van der Waals surface area contributed by atoms with Crippen molar-refractivity contribution < 1.29 is 27.4 Å². The second kappa shape index (κ2) is 6.80. The van der Waals surface area contributed by atoms with Gasteiger partial charge in [0.2, 0.25) is 0 Å². The molecule has 0 heterocycles. The Morgan fingerprint density at radius 3 is 2.10 bits per heavy atom. The van der Waals surface area contributed by atoms with Crippen LogP contribution in [0.5, 0.6) is 0 Å². The van der Waals surface area contributed by atoms with Crippen LogP contribution in [0.2, 0.25) is 0 Å². The molecule has 0 radical (unpaired) electrons. The zero-order valence-electron chi connectivity index (χ0n) is 12.1. The Labute approximate surface area is 121 Å². The van der Waals surface area contributed by atoms with Gasteiger partial charge < -0.3 is 14.8 Å². The number of benzene rings is 1. The molecule has 0 aliphatic heterocycles. The molecule has 0 fully saturated rings. The molecule has 0 saturated heterocycles. The molecule has 1 N–H and O–H groups in total. The summed E-state index contributed by atoms with van der Waals surface area (Å²) >= 11 is 0. The number of carbonyl (C=O) groups is 1. The Morgan fingerprint density at radius 1 is 1.14 bits per heavy atom. The Morgan fingerprint density at radius 2 is 1.71 bits per heavy atom. The maximum atomic E-state index is 13.6. The first-order valence-electron chi connectivity index (χ1n) is 6.49. The topological polar surface area (TPSA) is 47.6 Å². The lowest BCUT2D eigenvalue weighted by atomic mass is 9.92. The fraction of sp³-hybridized carbons (Fsp3) is 0.500. The fourth-order valence-corrected chi connectivity index (χ4v) is 1.94. The summed E-state index contributed by atoms with van der Waals surface area (Å²) < 4.78 is 50.1. The fourth-order valence-electron chi connectivity index (χ4n) is 1.94. The maximum absolute atomic E-state index is 13.6. The molecule has 1 rings (SSSR count). The van der Waals surface area contributed by atoms with Crippen molar-refractivity contribution in [3.63, 3.8) is 0 Å². The van der Waals surface area contributed by atoms with Gasteiger partial charge in [0.15, 0.2) is 0 Å². The second-order valence-corrected chi connectivity index (χ2v) is 4.16. The number of alkyl halides is 3. The lowest BCUT2D eigenvalue weighted by Crippen LogP contribution is -2.52. The molecule has 0 aliphatic rings. The Hall–Kier alpha value is -1.76. The molecule has 118 valence electrons. The van der Waals surface area contributed by atoms with Gasteiger partial charge >= 0.3 is 12.1 Å². The van der Waals surface area contributed by atoms with Gasteiger partial charge in [-0.15, -0.1) is 0 Å². The molecule has 1 aromatic rings. The van der Waals surface area contributed by atoms with Crippen LogP contribution in [0.15, 0.2) is 24.3 Å². The average Bonchev–Trinajstić information content (AvgIpc) is 2.43. The average molecular weight is 305 g/mol. The number of nitrogens with one attached hydrogen (secondary N) is 1. The van der Waals surface area contributed by atoms with Crippen LogP contribution >= 0.6 is 0 Å². The van der Waals surface area contributed by atoms with Crippen LogP contribution in [0.1, 0.15) is 19.4 Å². The van der Waals surface area contributed by atoms with Gasteiger partial charge in [-0.3, -0.25) is 0 Å². The first-order chi connectivity index (χ1) is 9.83. The van der Waals surface area contributed by atoms with Gasteiger partial charge in [-0.05, 0) is 26.0 Å². The van der Waals surface area contributed by atoms with E-state index in [4.69, 9.17) is 4.74 Å². The van der Waals surface area contributed by atoms with Crippen LogP contribution in [-0.4, -0.2) is 32.4 Å². The number of esters is 1. The second-order valence-electron chi connectivity index (χ2n) is 4.16. The Bertz CT molecular complexity index is 473. The molecule has 1 aromatic carbocycles. The SMILES string of the molecule is CCOC(=O)C(OCC)(c1ccc(NC)cc1)C(F)(F)F. The lowest BCUT2D eigenvalue weighted by molar-refractivity contribution is -0.282. The summed E-state index contributed by atoms with van der Waals surface area (Å²) in [6.45, 7) is 2.38. The molecule has 0 bridgehead atoms. The van der Waals surface area contributed by atoms with E-state index in [1.165, 1.54) is 38.1 Å². The normalized spacial score (nSPS) is 14.4. The lowest BCUT2D eigenvalue weighted by Gasteiger charge is -2.33. The van der Waals surface area contributed by atoms with Gasteiger partial charge in [0, 0.05) is 24.9 Å². The van der Waals surface area contributed by atoms with Crippen molar-refractivity contribution in [3.8, 4) is 0 Å². The number of rotatable bonds is 6. The molecule has 7 heteroatoms. The van der Waals surface area contributed by atoms with Crippen LogP contribution in [0, 0.1) is 0 Å². The third kappa shape index (κ3) is 3.29. The number of ether oxygens (including phenoxy) is 2. The molecule has 1 atom stereocenters. The van der Waals surface area contributed by atoms with Gasteiger partial charge in [-0.25, -0.2) is 4.79 Å². The molecule has 0 aliphatic carbocycles. The van der Waals surface area contributed by atoms with Gasteiger partial charge in [0.05, 0.1) is 6.61 Å². The predicted molar refractivity (Wildman–Crippen MR) is 72.0 cm³/mol. The highest BCUT2D eigenvalue weighted by molar-refractivity contribution is 5.83. The summed E-state index contributed by atoms with van der Waals surface area (Å²) in [7, 11) is 1.64. The van der Waals surface area contributed by atoms with Crippen molar-refractivity contribution in [1.82, 2.24) is 0 Å². The maximum Gasteiger partial charge on any atom is 0.432 e. The van der Waals surface area contributed by atoms with Crippen molar-refractivity contribution >= 4 is 11.7 Å². The monoisotopic (exact) mass is 305 g/mol. The van der Waals surface area contributed by atoms with Gasteiger partial charge in [-0.2, -0.15) is 13.2 Å².